The Hall–Kier alpha value is -0.380. The Kier molecular flexibility index (Phi) is 6.03. The fourth-order valence-corrected chi connectivity index (χ4v) is 1.99. The number of ether oxygens (including phenoxy) is 1. The summed E-state index contributed by atoms with van der Waals surface area (Å²) in [6.07, 6.45) is 1.10. The Morgan fingerprint density at radius 2 is 2.12 bits per heavy atom. The molecule has 0 saturated carbocycles. The molecule has 16 heavy (non-hydrogen) atoms. The fourth-order valence-electron chi connectivity index (χ4n) is 1.57. The van der Waals surface area contributed by atoms with E-state index in [1.54, 1.807) is 0 Å². The Bertz CT molecular complexity index is 313. The van der Waals surface area contributed by atoms with Gasteiger partial charge in [-0.1, -0.05) is 28.1 Å². The van der Waals surface area contributed by atoms with Gasteiger partial charge in [0.2, 0.25) is 0 Å². The molecule has 3 heteroatoms. The molecule has 0 fully saturated rings. The third kappa shape index (κ3) is 4.64. The van der Waals surface area contributed by atoms with E-state index >= 15 is 0 Å². The highest BCUT2D eigenvalue weighted by Crippen LogP contribution is 2.22. The summed E-state index contributed by atoms with van der Waals surface area (Å²) in [7, 11) is 0. The van der Waals surface area contributed by atoms with Crippen molar-refractivity contribution in [3.8, 4) is 0 Å². The van der Waals surface area contributed by atoms with Gasteiger partial charge in [-0.15, -0.1) is 0 Å². The van der Waals surface area contributed by atoms with Gasteiger partial charge in [-0.2, -0.15) is 0 Å². The Morgan fingerprint density at radius 1 is 1.38 bits per heavy atom. The van der Waals surface area contributed by atoms with Crippen LogP contribution >= 0.6 is 15.9 Å². The van der Waals surface area contributed by atoms with Gasteiger partial charge in [-0.25, -0.2) is 0 Å². The first kappa shape index (κ1) is 13.7. The topological polar surface area (TPSA) is 29.5 Å². The second-order valence-corrected chi connectivity index (χ2v) is 5.06. The van der Waals surface area contributed by atoms with E-state index in [0.29, 0.717) is 6.61 Å². The van der Waals surface area contributed by atoms with Crippen molar-refractivity contribution in [2.24, 2.45) is 0 Å². The lowest BCUT2D eigenvalue weighted by Crippen LogP contribution is -2.11. The number of benzene rings is 1. The van der Waals surface area contributed by atoms with Crippen LogP contribution in [0.5, 0.6) is 0 Å². The largest absolute Gasteiger partial charge is 0.396 e. The van der Waals surface area contributed by atoms with Crippen LogP contribution in [0.3, 0.4) is 0 Å². The highest BCUT2D eigenvalue weighted by atomic mass is 79.9. The summed E-state index contributed by atoms with van der Waals surface area (Å²) in [6.45, 7) is 4.90. The van der Waals surface area contributed by atoms with Crippen molar-refractivity contribution in [3.63, 3.8) is 0 Å². The van der Waals surface area contributed by atoms with Crippen LogP contribution in [0.4, 0.5) is 0 Å². The van der Waals surface area contributed by atoms with Crippen LogP contribution in [0.1, 0.15) is 31.7 Å². The van der Waals surface area contributed by atoms with Crippen molar-refractivity contribution in [2.45, 2.75) is 32.3 Å². The van der Waals surface area contributed by atoms with E-state index in [-0.39, 0.29) is 18.6 Å². The zero-order valence-electron chi connectivity index (χ0n) is 9.82. The summed E-state index contributed by atoms with van der Waals surface area (Å²) in [5.41, 5.74) is 1.16. The molecule has 1 atom stereocenters. The normalized spacial score (nSPS) is 13.1. The van der Waals surface area contributed by atoms with Crippen LogP contribution in [-0.4, -0.2) is 24.4 Å². The number of hydrogen-bond donors (Lipinski definition) is 1. The molecule has 1 aromatic carbocycles. The quantitative estimate of drug-likeness (QED) is 0.869. The van der Waals surface area contributed by atoms with Gasteiger partial charge in [-0.05, 0) is 38.0 Å². The Morgan fingerprint density at radius 3 is 2.69 bits per heavy atom. The van der Waals surface area contributed by atoms with Gasteiger partial charge in [0.05, 0.1) is 12.7 Å². The molecule has 0 aromatic heterocycles. The molecular formula is C13H19BrO2. The Labute approximate surface area is 106 Å². The molecule has 0 saturated heterocycles. The van der Waals surface area contributed by atoms with Crippen LogP contribution in [0.25, 0.3) is 0 Å². The van der Waals surface area contributed by atoms with E-state index in [0.717, 1.165) is 16.5 Å². The standard InChI is InChI=1S/C13H19BrO2/c1-10(2)16-7-6-12(9-15)11-4-3-5-13(14)8-11/h3-5,8,10,12,15H,6-7,9H2,1-2H3. The monoisotopic (exact) mass is 286 g/mol. The van der Waals surface area contributed by atoms with Crippen molar-refractivity contribution in [2.75, 3.05) is 13.2 Å². The van der Waals surface area contributed by atoms with Crippen molar-refractivity contribution in [1.29, 1.82) is 0 Å². The third-order valence-corrected chi connectivity index (χ3v) is 2.95. The van der Waals surface area contributed by atoms with Gasteiger partial charge in [-0.3, -0.25) is 0 Å². The van der Waals surface area contributed by atoms with Crippen LogP contribution in [0.15, 0.2) is 28.7 Å². The van der Waals surface area contributed by atoms with Crippen molar-refractivity contribution in [3.05, 3.63) is 34.3 Å². The first-order chi connectivity index (χ1) is 7.63. The number of aliphatic hydroxyl groups excluding tert-OH is 1. The second kappa shape index (κ2) is 7.05. The van der Waals surface area contributed by atoms with Crippen molar-refractivity contribution >= 4 is 15.9 Å². The van der Waals surface area contributed by atoms with Gasteiger partial charge in [0.25, 0.3) is 0 Å². The smallest absolute Gasteiger partial charge is 0.0518 e. The van der Waals surface area contributed by atoms with Crippen LogP contribution in [0.2, 0.25) is 0 Å². The lowest BCUT2D eigenvalue weighted by atomic mass is 9.97. The van der Waals surface area contributed by atoms with Crippen molar-refractivity contribution < 1.29 is 9.84 Å². The van der Waals surface area contributed by atoms with E-state index in [2.05, 4.69) is 22.0 Å². The molecule has 2 nitrogen and oxygen atoms in total. The molecule has 0 aliphatic rings. The fraction of sp³-hybridized carbons (Fsp3) is 0.538. The van der Waals surface area contributed by atoms with Gasteiger partial charge in [0.15, 0.2) is 0 Å². The lowest BCUT2D eigenvalue weighted by molar-refractivity contribution is 0.0691. The molecule has 0 aliphatic carbocycles. The number of rotatable bonds is 6. The highest BCUT2D eigenvalue weighted by molar-refractivity contribution is 9.10. The van der Waals surface area contributed by atoms with Crippen LogP contribution in [0, 0.1) is 0 Å². The van der Waals surface area contributed by atoms with Crippen molar-refractivity contribution in [1.82, 2.24) is 0 Å². The lowest BCUT2D eigenvalue weighted by Gasteiger charge is -2.16. The van der Waals surface area contributed by atoms with Crippen LogP contribution < -0.4 is 0 Å². The molecule has 1 aromatic rings. The van der Waals surface area contributed by atoms with E-state index in [1.807, 2.05) is 32.0 Å². The first-order valence-electron chi connectivity index (χ1n) is 5.61. The third-order valence-electron chi connectivity index (χ3n) is 2.46. The zero-order valence-corrected chi connectivity index (χ0v) is 11.4. The summed E-state index contributed by atoms with van der Waals surface area (Å²) >= 11 is 3.44. The zero-order chi connectivity index (χ0) is 12.0. The van der Waals surface area contributed by atoms with E-state index in [9.17, 15) is 5.11 Å². The molecule has 0 bridgehead atoms. The van der Waals surface area contributed by atoms with Gasteiger partial charge in [0, 0.05) is 17.0 Å². The second-order valence-electron chi connectivity index (χ2n) is 4.14. The SMILES string of the molecule is CC(C)OCCC(CO)c1cccc(Br)c1. The van der Waals surface area contributed by atoms with Gasteiger partial charge in [0.1, 0.15) is 0 Å². The Balaban J connectivity index is 2.53. The number of aliphatic hydroxyl groups is 1. The maximum Gasteiger partial charge on any atom is 0.0518 e. The summed E-state index contributed by atoms with van der Waals surface area (Å²) < 4.78 is 6.55. The number of halogens is 1. The van der Waals surface area contributed by atoms with Gasteiger partial charge < -0.3 is 9.84 Å². The molecule has 0 spiro atoms. The molecule has 0 radical (unpaired) electrons. The first-order valence-corrected chi connectivity index (χ1v) is 6.40. The minimum absolute atomic E-state index is 0.163. The molecular weight excluding hydrogens is 268 g/mol. The highest BCUT2D eigenvalue weighted by Gasteiger charge is 2.10. The molecule has 0 aliphatic heterocycles. The minimum Gasteiger partial charge on any atom is -0.396 e. The predicted octanol–water partition coefficient (Wildman–Crippen LogP) is 3.34. The average molecular weight is 287 g/mol. The molecule has 0 heterocycles. The summed E-state index contributed by atoms with van der Waals surface area (Å²) in [6, 6.07) is 8.07. The average Bonchev–Trinajstić information content (AvgIpc) is 2.24. The summed E-state index contributed by atoms with van der Waals surface area (Å²) in [5, 5.41) is 9.36. The summed E-state index contributed by atoms with van der Waals surface area (Å²) in [4.78, 5) is 0. The van der Waals surface area contributed by atoms with Gasteiger partial charge >= 0.3 is 0 Å². The predicted molar refractivity (Wildman–Crippen MR) is 69.7 cm³/mol. The maximum absolute atomic E-state index is 9.36. The molecule has 0 amide bonds. The maximum atomic E-state index is 9.36. The number of hydrogen-bond acceptors (Lipinski definition) is 2. The van der Waals surface area contributed by atoms with E-state index < -0.39 is 0 Å². The summed E-state index contributed by atoms with van der Waals surface area (Å²) in [5.74, 6) is 0.163. The minimum atomic E-state index is 0.163. The molecule has 1 unspecified atom stereocenters. The van der Waals surface area contributed by atoms with Crippen LogP contribution in [-0.2, 0) is 4.74 Å². The molecule has 1 rings (SSSR count). The van der Waals surface area contributed by atoms with E-state index in [4.69, 9.17) is 4.74 Å². The van der Waals surface area contributed by atoms with E-state index in [1.165, 1.54) is 0 Å². The molecule has 1 N–H and O–H groups in total. The molecule has 90 valence electrons.